The van der Waals surface area contributed by atoms with Gasteiger partial charge < -0.3 is 30.2 Å². The summed E-state index contributed by atoms with van der Waals surface area (Å²) in [6.45, 7) is 1.14. The molecule has 0 bridgehead atoms. The first-order valence-electron chi connectivity index (χ1n) is 13.5. The first-order chi connectivity index (χ1) is 21.2. The highest BCUT2D eigenvalue weighted by atomic mass is 16.9. The fraction of sp³-hybridized carbons (Fsp3) is 0.250. The first kappa shape index (κ1) is 32.5. The van der Waals surface area contributed by atoms with Gasteiger partial charge in [-0.1, -0.05) is 72.8 Å². The van der Waals surface area contributed by atoms with Crippen molar-refractivity contribution >= 4 is 18.3 Å². The molecule has 0 aliphatic heterocycles. The van der Waals surface area contributed by atoms with Crippen LogP contribution in [-0.2, 0) is 53.1 Å². The molecule has 12 nitrogen and oxygen atoms in total. The van der Waals surface area contributed by atoms with E-state index in [1.54, 1.807) is 72.8 Å². The van der Waals surface area contributed by atoms with Gasteiger partial charge in [0.15, 0.2) is 0 Å². The lowest BCUT2D eigenvalue weighted by atomic mass is 10.1. The van der Waals surface area contributed by atoms with Gasteiger partial charge in [-0.2, -0.15) is 15.8 Å². The largest absolute Gasteiger partial charge is 0.424 e. The van der Waals surface area contributed by atoms with Crippen molar-refractivity contribution in [2.24, 2.45) is 0 Å². The lowest BCUT2D eigenvalue weighted by Crippen LogP contribution is -2.47. The van der Waals surface area contributed by atoms with E-state index < -0.39 is 24.3 Å². The van der Waals surface area contributed by atoms with Gasteiger partial charge in [-0.3, -0.25) is 0 Å². The second-order valence-corrected chi connectivity index (χ2v) is 9.56. The molecule has 0 heterocycles. The highest BCUT2D eigenvalue weighted by molar-refractivity contribution is 5.72. The zero-order valence-corrected chi connectivity index (χ0v) is 24.0. The molecule has 0 spiro atoms. The summed E-state index contributed by atoms with van der Waals surface area (Å²) in [7, 11) is 0. The predicted molar refractivity (Wildman–Crippen MR) is 156 cm³/mol. The number of ether oxygens (including phenoxy) is 3. The van der Waals surface area contributed by atoms with Crippen LogP contribution in [0, 0.1) is 34.0 Å². The Morgan fingerprint density at radius 3 is 1.11 bits per heavy atom. The molecule has 0 radical (unpaired) electrons. The molecule has 0 fully saturated rings. The maximum absolute atomic E-state index is 12.7. The van der Waals surface area contributed by atoms with Crippen molar-refractivity contribution in [1.29, 1.82) is 15.8 Å². The number of carbonyl (C=O) groups is 3. The van der Waals surface area contributed by atoms with Gasteiger partial charge in [0.25, 0.3) is 0 Å². The van der Waals surface area contributed by atoms with Crippen LogP contribution in [0.25, 0.3) is 0 Å². The Kier molecular flexibility index (Phi) is 12.1. The number of nitrogens with zero attached hydrogens (tertiary/aromatic N) is 3. The maximum atomic E-state index is 12.7. The molecule has 44 heavy (non-hydrogen) atoms. The van der Waals surface area contributed by atoms with E-state index in [0.717, 1.165) is 23.6 Å². The minimum atomic E-state index is -2.48. The highest BCUT2D eigenvalue weighted by Gasteiger charge is 2.38. The van der Waals surface area contributed by atoms with Crippen LogP contribution in [0.1, 0.15) is 40.3 Å². The van der Waals surface area contributed by atoms with Gasteiger partial charge in [0.1, 0.15) is 0 Å². The Hall–Kier alpha value is -6.06. The molecule has 0 saturated heterocycles. The SMILES string of the molecule is CC(OC(=O)NCc1cccc(CC#N)c1)(OC(=O)NCc1cccc(CC#N)c1)OC(=O)NCc1cccc(CC#N)c1. The monoisotopic (exact) mass is 594 g/mol. The van der Waals surface area contributed by atoms with Gasteiger partial charge in [0.2, 0.25) is 0 Å². The lowest BCUT2D eigenvalue weighted by Gasteiger charge is -2.28. The number of nitrogens with one attached hydrogen (secondary N) is 3. The van der Waals surface area contributed by atoms with E-state index >= 15 is 0 Å². The molecule has 0 aromatic heterocycles. The van der Waals surface area contributed by atoms with Crippen LogP contribution in [0.15, 0.2) is 72.8 Å². The summed E-state index contributed by atoms with van der Waals surface area (Å²) in [6, 6.07) is 27.2. The van der Waals surface area contributed by atoms with Crippen LogP contribution < -0.4 is 16.0 Å². The topological polar surface area (TPSA) is 186 Å². The number of alkyl carbamates (subject to hydrolysis) is 3. The van der Waals surface area contributed by atoms with Crippen LogP contribution in [-0.4, -0.2) is 24.3 Å². The summed E-state index contributed by atoms with van der Waals surface area (Å²) < 4.78 is 15.7. The Labute approximate surface area is 254 Å². The van der Waals surface area contributed by atoms with Crippen molar-refractivity contribution in [3.8, 4) is 18.2 Å². The van der Waals surface area contributed by atoms with Crippen molar-refractivity contribution in [3.05, 3.63) is 106 Å². The third-order valence-corrected chi connectivity index (χ3v) is 5.97. The molecule has 3 rings (SSSR count). The van der Waals surface area contributed by atoms with Gasteiger partial charge in [-0.05, 0) is 33.4 Å². The molecular formula is C32H30N6O6. The summed E-state index contributed by atoms with van der Waals surface area (Å²) >= 11 is 0. The minimum Gasteiger partial charge on any atom is -0.371 e. The summed E-state index contributed by atoms with van der Waals surface area (Å²) in [6.07, 6.45) is -2.54. The standard InChI is InChI=1S/C32H30N6O6/c1-32(42-29(39)36-20-26-8-2-5-23(17-26)11-14-33,43-30(40)37-21-27-9-3-6-24(18-27)12-15-34)44-31(41)38-22-28-10-4-7-25(19-28)13-16-35/h2-10,17-19H,11-13,20-22H2,1H3,(H,36,39)(H,37,40)(H,38,41). The number of hydrogen-bond acceptors (Lipinski definition) is 9. The summed E-state index contributed by atoms with van der Waals surface area (Å²) in [5.41, 5.74) is 4.35. The molecular weight excluding hydrogens is 564 g/mol. The van der Waals surface area contributed by atoms with Crippen LogP contribution in [0.2, 0.25) is 0 Å². The van der Waals surface area contributed by atoms with E-state index in [-0.39, 0.29) is 38.9 Å². The van der Waals surface area contributed by atoms with Crippen molar-refractivity contribution in [2.75, 3.05) is 0 Å². The molecule has 0 saturated carbocycles. The van der Waals surface area contributed by atoms with Crippen molar-refractivity contribution in [2.45, 2.75) is 51.8 Å². The number of amides is 3. The Bertz CT molecular complexity index is 1420. The summed E-state index contributed by atoms with van der Waals surface area (Å²) in [5.74, 6) is -2.48. The molecule has 3 aromatic rings. The fourth-order valence-corrected chi connectivity index (χ4v) is 4.02. The molecule has 0 aliphatic rings. The molecule has 0 aliphatic carbocycles. The second-order valence-electron chi connectivity index (χ2n) is 9.56. The number of rotatable bonds is 12. The molecule has 3 amide bonds. The Morgan fingerprint density at radius 2 is 0.841 bits per heavy atom. The van der Waals surface area contributed by atoms with Crippen molar-refractivity contribution in [3.63, 3.8) is 0 Å². The number of hydrogen-bond donors (Lipinski definition) is 3. The van der Waals surface area contributed by atoms with Gasteiger partial charge in [-0.15, -0.1) is 0 Å². The number of nitriles is 3. The molecule has 3 aromatic carbocycles. The Balaban J connectivity index is 1.66. The lowest BCUT2D eigenvalue weighted by molar-refractivity contribution is -0.286. The summed E-state index contributed by atoms with van der Waals surface area (Å²) in [4.78, 5) is 38.1. The predicted octanol–water partition coefficient (Wildman–Crippen LogP) is 4.64. The Morgan fingerprint density at radius 1 is 0.568 bits per heavy atom. The smallest absolute Gasteiger partial charge is 0.371 e. The van der Waals surface area contributed by atoms with Crippen molar-refractivity contribution < 1.29 is 28.6 Å². The maximum Gasteiger partial charge on any atom is 0.424 e. The van der Waals surface area contributed by atoms with Crippen LogP contribution in [0.4, 0.5) is 14.4 Å². The molecule has 224 valence electrons. The van der Waals surface area contributed by atoms with Crippen LogP contribution in [0.3, 0.4) is 0 Å². The average molecular weight is 595 g/mol. The average Bonchev–Trinajstić information content (AvgIpc) is 2.99. The van der Waals surface area contributed by atoms with Gasteiger partial charge >= 0.3 is 24.3 Å². The quantitative estimate of drug-likeness (QED) is 0.251. The van der Waals surface area contributed by atoms with E-state index in [9.17, 15) is 14.4 Å². The van der Waals surface area contributed by atoms with E-state index in [0.29, 0.717) is 16.7 Å². The van der Waals surface area contributed by atoms with E-state index in [4.69, 9.17) is 30.0 Å². The van der Waals surface area contributed by atoms with E-state index in [2.05, 4.69) is 34.2 Å². The van der Waals surface area contributed by atoms with Gasteiger partial charge in [0.05, 0.1) is 44.4 Å². The normalized spacial score (nSPS) is 10.2. The fourth-order valence-electron chi connectivity index (χ4n) is 4.02. The van der Waals surface area contributed by atoms with E-state index in [1.165, 1.54) is 0 Å². The van der Waals surface area contributed by atoms with Crippen molar-refractivity contribution in [1.82, 2.24) is 16.0 Å². The zero-order chi connectivity index (χ0) is 31.8. The number of benzene rings is 3. The third kappa shape index (κ3) is 11.1. The molecule has 3 N–H and O–H groups in total. The van der Waals surface area contributed by atoms with Crippen LogP contribution in [0.5, 0.6) is 0 Å². The molecule has 12 heteroatoms. The van der Waals surface area contributed by atoms with E-state index in [1.807, 2.05) is 0 Å². The number of carbonyl (C=O) groups excluding carboxylic acids is 3. The summed E-state index contributed by atoms with van der Waals surface area (Å²) in [5, 5.41) is 34.3. The first-order valence-corrected chi connectivity index (χ1v) is 13.5. The van der Waals surface area contributed by atoms with Crippen LogP contribution >= 0.6 is 0 Å². The minimum absolute atomic E-state index is 0.0185. The van der Waals surface area contributed by atoms with Gasteiger partial charge in [-0.25, -0.2) is 14.4 Å². The third-order valence-electron chi connectivity index (χ3n) is 5.97. The molecule has 0 unspecified atom stereocenters. The zero-order valence-electron chi connectivity index (χ0n) is 24.0. The molecule has 0 atom stereocenters. The second kappa shape index (κ2) is 16.4. The van der Waals surface area contributed by atoms with Gasteiger partial charge in [0, 0.05) is 19.6 Å². The highest BCUT2D eigenvalue weighted by Crippen LogP contribution is 2.17.